The maximum atomic E-state index is 14.2. The Bertz CT molecular complexity index is 1140. The second kappa shape index (κ2) is 17.8. The first-order valence-corrected chi connectivity index (χ1v) is 19.1. The number of methoxy groups -OCH3 is 1. The van der Waals surface area contributed by atoms with E-state index < -0.39 is 96.0 Å². The molecule has 3 heterocycles. The van der Waals surface area contributed by atoms with Crippen LogP contribution < -0.4 is 0 Å². The summed E-state index contributed by atoms with van der Waals surface area (Å²) >= 11 is 0. The molecule has 0 amide bonds. The summed E-state index contributed by atoms with van der Waals surface area (Å²) in [7, 11) is 7.12. The largest absolute Gasteiger partial charge is 0.459 e. The molecule has 14 nitrogen and oxygen atoms in total. The van der Waals surface area contributed by atoms with E-state index in [1.807, 2.05) is 51.7 Å². The van der Waals surface area contributed by atoms with Crippen molar-refractivity contribution in [2.45, 2.75) is 185 Å². The number of likely N-dealkylation sites (N-methyl/N-ethyl adjacent to an activating group) is 2. The molecule has 5 N–H and O–H groups in total. The second-order valence-corrected chi connectivity index (χ2v) is 17.2. The van der Waals surface area contributed by atoms with Crippen LogP contribution in [-0.2, 0) is 33.2 Å². The van der Waals surface area contributed by atoms with Gasteiger partial charge in [0, 0.05) is 38.1 Å². The Morgan fingerprint density at radius 3 is 2.12 bits per heavy atom. The molecule has 0 aromatic carbocycles. The van der Waals surface area contributed by atoms with Crippen molar-refractivity contribution in [2.75, 3.05) is 34.8 Å². The summed E-state index contributed by atoms with van der Waals surface area (Å²) in [6, 6.07) is -0.808. The number of aliphatic hydroxyl groups is 5. The summed E-state index contributed by atoms with van der Waals surface area (Å²) in [5, 5.41) is 58.1. The molecule has 0 aromatic rings. The molecular weight excluding hydrogens is 676 g/mol. The number of nitrogens with zero attached hydrogens (tertiary/aromatic N) is 2. The highest BCUT2D eigenvalue weighted by atomic mass is 16.7. The molecule has 0 saturated carbocycles. The van der Waals surface area contributed by atoms with Gasteiger partial charge in [-0.3, -0.25) is 4.79 Å². The average Bonchev–Trinajstić information content (AvgIpc) is 3.05. The third-order valence-corrected chi connectivity index (χ3v) is 12.2. The lowest BCUT2D eigenvalue weighted by molar-refractivity contribution is -0.318. The highest BCUT2D eigenvalue weighted by Gasteiger charge is 2.52. The summed E-state index contributed by atoms with van der Waals surface area (Å²) in [5.41, 5.74) is -4.37. The molecule has 3 fully saturated rings. The van der Waals surface area contributed by atoms with E-state index in [9.17, 15) is 30.3 Å². The van der Waals surface area contributed by atoms with Gasteiger partial charge < -0.3 is 63.8 Å². The van der Waals surface area contributed by atoms with Gasteiger partial charge in [-0.2, -0.15) is 0 Å². The second-order valence-electron chi connectivity index (χ2n) is 17.2. The Labute approximate surface area is 312 Å². The van der Waals surface area contributed by atoms with Gasteiger partial charge in [-0.15, -0.1) is 0 Å². The van der Waals surface area contributed by atoms with E-state index >= 15 is 0 Å². The van der Waals surface area contributed by atoms with E-state index in [0.717, 1.165) is 0 Å². The van der Waals surface area contributed by atoms with Gasteiger partial charge >= 0.3 is 5.97 Å². The standard InChI is InChI=1S/C38H72N2O12/c1-15-27-38(10,46)31(42)24(6)40(13)19-20(2)17-36(8,45)33(52-35-29(41)26(39(11)12)16-21(3)48-35)22(4)30(23(5)34(44)50-27)51-28-18-37(9,47-14)32(43)25(7)49-28/h20-33,35,41-43,45-46H,15-19H2,1-14H3/t20-,21-,22+,23-,24+,25+,26+,27+,28+,29-,30+,31-,32+,33-,35+,36-,37-,38-/m1/s1. The van der Waals surface area contributed by atoms with Crippen LogP contribution in [0.4, 0.5) is 0 Å². The number of cyclic esters (lactones) is 1. The van der Waals surface area contributed by atoms with Gasteiger partial charge in [-0.1, -0.05) is 20.8 Å². The van der Waals surface area contributed by atoms with E-state index in [0.29, 0.717) is 13.0 Å². The number of hydrogen-bond donors (Lipinski definition) is 5. The molecule has 3 saturated heterocycles. The van der Waals surface area contributed by atoms with Crippen molar-refractivity contribution < 1.29 is 58.7 Å². The zero-order valence-corrected chi connectivity index (χ0v) is 34.2. The van der Waals surface area contributed by atoms with Gasteiger partial charge in [0.05, 0.1) is 41.5 Å². The lowest BCUT2D eigenvalue weighted by Crippen LogP contribution is -2.60. The highest BCUT2D eigenvalue weighted by molar-refractivity contribution is 5.73. The van der Waals surface area contributed by atoms with Crippen LogP contribution in [0.25, 0.3) is 0 Å². The van der Waals surface area contributed by atoms with Crippen molar-refractivity contribution >= 4 is 5.97 Å². The van der Waals surface area contributed by atoms with Crippen LogP contribution in [0, 0.1) is 17.8 Å². The minimum atomic E-state index is -1.80. The number of aliphatic hydroxyl groups excluding tert-OH is 3. The van der Waals surface area contributed by atoms with Crippen molar-refractivity contribution in [3.8, 4) is 0 Å². The molecular formula is C38H72N2O12. The summed E-state index contributed by atoms with van der Waals surface area (Å²) < 4.78 is 37.5. The molecule has 0 unspecified atom stereocenters. The Hall–Kier alpha value is -1.01. The van der Waals surface area contributed by atoms with Crippen molar-refractivity contribution in [3.63, 3.8) is 0 Å². The molecule has 0 aliphatic carbocycles. The zero-order chi connectivity index (χ0) is 39.7. The normalized spacial score (nSPS) is 49.6. The minimum Gasteiger partial charge on any atom is -0.459 e. The van der Waals surface area contributed by atoms with Crippen LogP contribution in [0.3, 0.4) is 0 Å². The number of rotatable bonds is 7. The van der Waals surface area contributed by atoms with Gasteiger partial charge in [-0.25, -0.2) is 0 Å². The molecule has 0 radical (unpaired) electrons. The molecule has 18 atom stereocenters. The number of carbonyl (C=O) groups excluding carboxylic acids is 1. The fourth-order valence-corrected chi connectivity index (χ4v) is 8.74. The number of ether oxygens (including phenoxy) is 6. The lowest BCUT2D eigenvalue weighted by atomic mass is 9.77. The van der Waals surface area contributed by atoms with Gasteiger partial charge in [0.25, 0.3) is 0 Å². The third-order valence-electron chi connectivity index (χ3n) is 12.2. The van der Waals surface area contributed by atoms with Crippen molar-refractivity contribution in [2.24, 2.45) is 17.8 Å². The van der Waals surface area contributed by atoms with Crippen LogP contribution >= 0.6 is 0 Å². The van der Waals surface area contributed by atoms with E-state index in [1.165, 1.54) is 14.0 Å². The maximum absolute atomic E-state index is 14.2. The quantitative estimate of drug-likeness (QED) is 0.238. The van der Waals surface area contributed by atoms with Crippen LogP contribution in [-0.4, -0.2) is 166 Å². The van der Waals surface area contributed by atoms with Crippen LogP contribution in [0.15, 0.2) is 0 Å². The number of esters is 1. The van der Waals surface area contributed by atoms with E-state index in [2.05, 4.69) is 0 Å². The van der Waals surface area contributed by atoms with Crippen LogP contribution in [0.2, 0.25) is 0 Å². The molecule has 14 heteroatoms. The Morgan fingerprint density at radius 1 is 0.942 bits per heavy atom. The minimum absolute atomic E-state index is 0.133. The van der Waals surface area contributed by atoms with Gasteiger partial charge in [0.2, 0.25) is 0 Å². The van der Waals surface area contributed by atoms with Crippen molar-refractivity contribution in [1.82, 2.24) is 9.80 Å². The monoisotopic (exact) mass is 749 g/mol. The lowest BCUT2D eigenvalue weighted by Gasteiger charge is -2.48. The molecule has 0 bridgehead atoms. The summed E-state index contributed by atoms with van der Waals surface area (Å²) in [6.45, 7) is 18.0. The first-order chi connectivity index (χ1) is 23.9. The van der Waals surface area contributed by atoms with Crippen molar-refractivity contribution in [3.05, 3.63) is 0 Å². The SMILES string of the molecule is CC[C@@H]1OC(=O)[C@H](C)[C@@H](O[C@H]2C[C@@](C)(OC)[C@@H](O)[C@H](C)O2)[C@H](C)[C@@H](O[C@@H]2O[C@H](C)C[C@H](N(C)C)[C@H]2O)[C@](C)(O)C[C@@H](C)CN(C)[C@@H](C)[C@@H](O)[C@]1(C)O. The molecule has 306 valence electrons. The predicted molar refractivity (Wildman–Crippen MR) is 194 cm³/mol. The Kier molecular flexibility index (Phi) is 15.6. The fraction of sp³-hybridized carbons (Fsp3) is 0.974. The number of hydrogen-bond acceptors (Lipinski definition) is 14. The summed E-state index contributed by atoms with van der Waals surface area (Å²) in [5.74, 6) is -2.58. The predicted octanol–water partition coefficient (Wildman–Crippen LogP) is 1.90. The first-order valence-electron chi connectivity index (χ1n) is 19.1. The molecule has 3 rings (SSSR count). The highest BCUT2D eigenvalue weighted by Crippen LogP contribution is 2.40. The summed E-state index contributed by atoms with van der Waals surface area (Å²) in [4.78, 5) is 18.0. The molecule has 52 heavy (non-hydrogen) atoms. The van der Waals surface area contributed by atoms with Gasteiger partial charge in [-0.05, 0) is 94.8 Å². The fourth-order valence-electron chi connectivity index (χ4n) is 8.74. The van der Waals surface area contributed by atoms with E-state index in [1.54, 1.807) is 41.5 Å². The molecule has 3 aliphatic heterocycles. The van der Waals surface area contributed by atoms with Crippen molar-refractivity contribution in [1.29, 1.82) is 0 Å². The summed E-state index contributed by atoms with van der Waals surface area (Å²) in [6.07, 6.45) is -8.19. The van der Waals surface area contributed by atoms with Crippen LogP contribution in [0.5, 0.6) is 0 Å². The Morgan fingerprint density at radius 2 is 1.56 bits per heavy atom. The van der Waals surface area contributed by atoms with E-state index in [4.69, 9.17) is 28.4 Å². The molecule has 0 aromatic heterocycles. The van der Waals surface area contributed by atoms with Gasteiger partial charge in [0.15, 0.2) is 12.6 Å². The van der Waals surface area contributed by atoms with Gasteiger partial charge in [0.1, 0.15) is 30.0 Å². The smallest absolute Gasteiger partial charge is 0.311 e. The Balaban J connectivity index is 2.17. The number of carbonyl (C=O) groups is 1. The first kappa shape index (κ1) is 45.4. The van der Waals surface area contributed by atoms with E-state index in [-0.39, 0.29) is 37.3 Å². The molecule has 3 aliphatic rings. The topological polar surface area (TPSA) is 180 Å². The molecule has 0 spiro atoms. The average molecular weight is 749 g/mol. The maximum Gasteiger partial charge on any atom is 0.311 e. The zero-order valence-electron chi connectivity index (χ0n) is 34.2. The van der Waals surface area contributed by atoms with Crippen LogP contribution in [0.1, 0.15) is 94.9 Å². The third kappa shape index (κ3) is 10.0.